The molecule has 140 valence electrons. The van der Waals surface area contributed by atoms with Crippen LogP contribution >= 0.6 is 11.6 Å². The lowest BCUT2D eigenvalue weighted by atomic mass is 10.1. The Labute approximate surface area is 164 Å². The van der Waals surface area contributed by atoms with E-state index in [-0.39, 0.29) is 16.7 Å². The first-order valence-electron chi connectivity index (χ1n) is 8.28. The number of nitrogens with one attached hydrogen (secondary N) is 2. The van der Waals surface area contributed by atoms with Crippen molar-refractivity contribution in [2.45, 2.75) is 0 Å². The van der Waals surface area contributed by atoms with Gasteiger partial charge in [0.1, 0.15) is 17.0 Å². The number of aromatic nitrogens is 4. The van der Waals surface area contributed by atoms with Crippen LogP contribution in [-0.2, 0) is 0 Å². The molecule has 4 rings (SSSR count). The molecule has 0 bridgehead atoms. The lowest BCUT2D eigenvalue weighted by molar-refractivity contribution is 0.415. The molecule has 0 radical (unpaired) electrons. The molecule has 4 aromatic rings. The first kappa shape index (κ1) is 17.7. The molecular weight excluding hydrogens is 380 g/mol. The molecule has 0 saturated heterocycles. The van der Waals surface area contributed by atoms with E-state index in [0.717, 1.165) is 17.0 Å². The molecule has 0 saturated carbocycles. The average molecular weight is 395 g/mol. The van der Waals surface area contributed by atoms with Crippen molar-refractivity contribution in [1.29, 1.82) is 0 Å². The molecule has 0 aliphatic rings. The molecular formula is C19H15ClN6O2. The van der Waals surface area contributed by atoms with Crippen LogP contribution in [0.25, 0.3) is 22.4 Å². The fourth-order valence-corrected chi connectivity index (χ4v) is 2.83. The van der Waals surface area contributed by atoms with Crippen molar-refractivity contribution in [1.82, 2.24) is 19.9 Å². The molecule has 0 aliphatic carbocycles. The molecule has 2 aromatic carbocycles. The van der Waals surface area contributed by atoms with Gasteiger partial charge in [-0.1, -0.05) is 23.7 Å². The van der Waals surface area contributed by atoms with Gasteiger partial charge in [-0.2, -0.15) is 4.98 Å². The number of aromatic amines is 1. The van der Waals surface area contributed by atoms with Crippen molar-refractivity contribution in [2.24, 2.45) is 0 Å². The van der Waals surface area contributed by atoms with Gasteiger partial charge in [0.25, 0.3) is 5.56 Å². The molecule has 8 nitrogen and oxygen atoms in total. The highest BCUT2D eigenvalue weighted by Crippen LogP contribution is 2.28. The number of H-pyrrole nitrogens is 1. The molecule has 28 heavy (non-hydrogen) atoms. The molecule has 0 atom stereocenters. The van der Waals surface area contributed by atoms with Gasteiger partial charge >= 0.3 is 0 Å². The Morgan fingerprint density at radius 3 is 2.61 bits per heavy atom. The summed E-state index contributed by atoms with van der Waals surface area (Å²) < 4.78 is 5.16. The molecule has 4 N–H and O–H groups in total. The summed E-state index contributed by atoms with van der Waals surface area (Å²) in [5.74, 6) is 1.02. The summed E-state index contributed by atoms with van der Waals surface area (Å²) in [7, 11) is 1.60. The number of nitrogens with two attached hydrogens (primary N) is 1. The number of methoxy groups -OCH3 is 1. The second-order valence-electron chi connectivity index (χ2n) is 5.93. The number of nitrogen functional groups attached to an aromatic ring is 1. The second kappa shape index (κ2) is 7.16. The third-order valence-electron chi connectivity index (χ3n) is 4.02. The van der Waals surface area contributed by atoms with E-state index in [1.807, 2.05) is 36.4 Å². The standard InChI is InChI=1S/C19H15ClN6O2/c1-28-13-7-5-12(6-8-13)22-19-24-14(10-3-2-4-11(21)9-10)15-17(26-19)25-18(27)16(20)23-15/h2-9H,21H2,1H3,(H2,22,24,25,26,27). The monoisotopic (exact) mass is 394 g/mol. The average Bonchev–Trinajstić information content (AvgIpc) is 2.69. The Morgan fingerprint density at radius 2 is 1.89 bits per heavy atom. The Bertz CT molecular complexity index is 1220. The minimum absolute atomic E-state index is 0.183. The van der Waals surface area contributed by atoms with E-state index in [1.54, 1.807) is 19.2 Å². The lowest BCUT2D eigenvalue weighted by Crippen LogP contribution is -2.11. The van der Waals surface area contributed by atoms with Gasteiger partial charge in [-0.25, -0.2) is 9.97 Å². The van der Waals surface area contributed by atoms with Crippen molar-refractivity contribution in [2.75, 3.05) is 18.2 Å². The van der Waals surface area contributed by atoms with Crippen molar-refractivity contribution < 1.29 is 4.74 Å². The maximum Gasteiger partial charge on any atom is 0.287 e. The Kier molecular flexibility index (Phi) is 4.54. The van der Waals surface area contributed by atoms with Gasteiger partial charge in [-0.15, -0.1) is 0 Å². The number of halogens is 1. The second-order valence-corrected chi connectivity index (χ2v) is 6.29. The van der Waals surface area contributed by atoms with Crippen LogP contribution in [0.3, 0.4) is 0 Å². The van der Waals surface area contributed by atoms with E-state index in [1.165, 1.54) is 0 Å². The maximum absolute atomic E-state index is 11.9. The molecule has 0 spiro atoms. The highest BCUT2D eigenvalue weighted by Gasteiger charge is 2.14. The zero-order chi connectivity index (χ0) is 19.7. The van der Waals surface area contributed by atoms with Gasteiger partial charge in [0.05, 0.1) is 7.11 Å². The zero-order valence-corrected chi connectivity index (χ0v) is 15.5. The van der Waals surface area contributed by atoms with E-state index in [0.29, 0.717) is 16.9 Å². The number of hydrogen-bond donors (Lipinski definition) is 3. The van der Waals surface area contributed by atoms with Gasteiger partial charge < -0.3 is 20.8 Å². The zero-order valence-electron chi connectivity index (χ0n) is 14.7. The number of ether oxygens (including phenoxy) is 1. The van der Waals surface area contributed by atoms with Crippen molar-refractivity contribution >= 4 is 40.1 Å². The molecule has 9 heteroatoms. The largest absolute Gasteiger partial charge is 0.497 e. The van der Waals surface area contributed by atoms with Gasteiger partial charge in [-0.3, -0.25) is 4.79 Å². The van der Waals surface area contributed by atoms with E-state index >= 15 is 0 Å². The number of anilines is 3. The van der Waals surface area contributed by atoms with Crippen LogP contribution in [0.4, 0.5) is 17.3 Å². The molecule has 2 aromatic heterocycles. The highest BCUT2D eigenvalue weighted by atomic mass is 35.5. The summed E-state index contributed by atoms with van der Waals surface area (Å²) in [6.07, 6.45) is 0. The first-order valence-corrected chi connectivity index (χ1v) is 8.66. The minimum atomic E-state index is -0.526. The van der Waals surface area contributed by atoms with Crippen LogP contribution in [0.15, 0.2) is 53.3 Å². The van der Waals surface area contributed by atoms with Crippen molar-refractivity contribution in [3.63, 3.8) is 0 Å². The van der Waals surface area contributed by atoms with Gasteiger partial charge in [-0.05, 0) is 36.4 Å². The highest BCUT2D eigenvalue weighted by molar-refractivity contribution is 6.29. The van der Waals surface area contributed by atoms with Crippen LogP contribution in [0.5, 0.6) is 5.75 Å². The molecule has 2 heterocycles. The predicted molar refractivity (Wildman–Crippen MR) is 109 cm³/mol. The molecule has 0 amide bonds. The van der Waals surface area contributed by atoms with E-state index in [9.17, 15) is 4.79 Å². The predicted octanol–water partition coefficient (Wildman–Crippen LogP) is 3.37. The van der Waals surface area contributed by atoms with Crippen LogP contribution in [-0.4, -0.2) is 27.0 Å². The minimum Gasteiger partial charge on any atom is -0.497 e. The van der Waals surface area contributed by atoms with Gasteiger partial charge in [0.15, 0.2) is 10.8 Å². The van der Waals surface area contributed by atoms with Crippen molar-refractivity contribution in [3.05, 3.63) is 64.0 Å². The number of fused-ring (bicyclic) bond motifs is 1. The number of nitrogens with zero attached hydrogens (tertiary/aromatic N) is 3. The fraction of sp³-hybridized carbons (Fsp3) is 0.0526. The normalized spacial score (nSPS) is 10.8. The summed E-state index contributed by atoms with van der Waals surface area (Å²) in [5.41, 5.74) is 8.56. The van der Waals surface area contributed by atoms with E-state index in [4.69, 9.17) is 22.1 Å². The van der Waals surface area contributed by atoms with Crippen LogP contribution < -0.4 is 21.3 Å². The summed E-state index contributed by atoms with van der Waals surface area (Å²) in [6, 6.07) is 14.5. The van der Waals surface area contributed by atoms with Crippen molar-refractivity contribution in [3.8, 4) is 17.0 Å². The van der Waals surface area contributed by atoms with Crippen LogP contribution in [0.2, 0.25) is 5.15 Å². The molecule has 0 unspecified atom stereocenters. The third-order valence-corrected chi connectivity index (χ3v) is 4.28. The SMILES string of the molecule is COc1ccc(Nc2nc(-c3cccc(N)c3)c3nc(Cl)c(=O)[nH]c3n2)cc1. The summed E-state index contributed by atoms with van der Waals surface area (Å²) in [4.78, 5) is 27.6. The number of benzene rings is 2. The maximum atomic E-state index is 11.9. The molecule has 0 aliphatic heterocycles. The van der Waals surface area contributed by atoms with Gasteiger partial charge in [0.2, 0.25) is 5.95 Å². The summed E-state index contributed by atoms with van der Waals surface area (Å²) >= 11 is 5.91. The number of hydrogen-bond acceptors (Lipinski definition) is 7. The third kappa shape index (κ3) is 3.45. The van der Waals surface area contributed by atoms with E-state index in [2.05, 4.69) is 25.3 Å². The van der Waals surface area contributed by atoms with E-state index < -0.39 is 5.56 Å². The molecule has 0 fully saturated rings. The number of rotatable bonds is 4. The Hall–Kier alpha value is -3.65. The quantitative estimate of drug-likeness (QED) is 0.454. The fourth-order valence-electron chi connectivity index (χ4n) is 2.70. The summed E-state index contributed by atoms with van der Waals surface area (Å²) in [5, 5.41) is 2.93. The van der Waals surface area contributed by atoms with Crippen LogP contribution in [0.1, 0.15) is 0 Å². The summed E-state index contributed by atoms with van der Waals surface area (Å²) in [6.45, 7) is 0. The van der Waals surface area contributed by atoms with Crippen LogP contribution in [0, 0.1) is 0 Å². The Balaban J connectivity index is 1.87. The van der Waals surface area contributed by atoms with Gasteiger partial charge in [0, 0.05) is 16.9 Å². The Morgan fingerprint density at radius 1 is 1.11 bits per heavy atom. The lowest BCUT2D eigenvalue weighted by Gasteiger charge is -2.10. The first-order chi connectivity index (χ1) is 13.5. The topological polar surface area (TPSA) is 119 Å². The smallest absolute Gasteiger partial charge is 0.287 e.